The number of hydrogen-bond acceptors (Lipinski definition) is 3. The van der Waals surface area contributed by atoms with Crippen LogP contribution in [-0.2, 0) is 17.8 Å². The number of carbonyl (C=O) groups is 2. The van der Waals surface area contributed by atoms with E-state index < -0.39 is 11.7 Å². The molecule has 1 aliphatic rings. The van der Waals surface area contributed by atoms with E-state index in [0.717, 1.165) is 37.1 Å². The van der Waals surface area contributed by atoms with Crippen molar-refractivity contribution in [3.63, 3.8) is 0 Å². The maximum atomic E-state index is 12.1. The number of likely N-dealkylation sites (tertiary alicyclic amines) is 1. The molecule has 1 fully saturated rings. The monoisotopic (exact) mass is 347 g/mol. The minimum Gasteiger partial charge on any atom is -0.444 e. The van der Waals surface area contributed by atoms with Gasteiger partial charge in [0.25, 0.3) is 0 Å². The van der Waals surface area contributed by atoms with Crippen LogP contribution in [0.5, 0.6) is 0 Å². The summed E-state index contributed by atoms with van der Waals surface area (Å²) in [5, 5.41) is 5.71. The van der Waals surface area contributed by atoms with Crippen molar-refractivity contribution in [2.75, 3.05) is 13.1 Å². The number of rotatable bonds is 4. The van der Waals surface area contributed by atoms with Crippen LogP contribution in [0.15, 0.2) is 24.3 Å². The molecule has 0 unspecified atom stereocenters. The van der Waals surface area contributed by atoms with Crippen LogP contribution in [0.3, 0.4) is 0 Å². The van der Waals surface area contributed by atoms with Gasteiger partial charge in [0.2, 0.25) is 0 Å². The molecule has 6 heteroatoms. The van der Waals surface area contributed by atoms with Gasteiger partial charge in [-0.05, 0) is 51.2 Å². The van der Waals surface area contributed by atoms with Gasteiger partial charge in [0.1, 0.15) is 5.60 Å². The Morgan fingerprint density at radius 1 is 1.04 bits per heavy atom. The number of benzene rings is 1. The largest absolute Gasteiger partial charge is 0.444 e. The second-order valence-corrected chi connectivity index (χ2v) is 7.38. The van der Waals surface area contributed by atoms with Crippen LogP contribution >= 0.6 is 0 Å². The number of alkyl carbamates (subject to hydrolysis) is 1. The molecule has 138 valence electrons. The topological polar surface area (TPSA) is 70.7 Å². The maximum absolute atomic E-state index is 12.1. The fourth-order valence-corrected chi connectivity index (χ4v) is 2.72. The lowest BCUT2D eigenvalue weighted by atomic mass is 10.1. The molecule has 2 N–H and O–H groups in total. The molecule has 1 saturated heterocycles. The first kappa shape index (κ1) is 19.1. The second-order valence-electron chi connectivity index (χ2n) is 7.38. The van der Waals surface area contributed by atoms with Gasteiger partial charge in [-0.3, -0.25) is 0 Å². The molecule has 25 heavy (non-hydrogen) atoms. The van der Waals surface area contributed by atoms with E-state index in [1.54, 1.807) is 0 Å². The van der Waals surface area contributed by atoms with Crippen molar-refractivity contribution in [3.05, 3.63) is 35.4 Å². The van der Waals surface area contributed by atoms with Gasteiger partial charge in [0.05, 0.1) is 0 Å². The Labute approximate surface area is 149 Å². The fraction of sp³-hybridized carbons (Fsp3) is 0.579. The third kappa shape index (κ3) is 7.03. The van der Waals surface area contributed by atoms with Crippen LogP contribution in [0, 0.1) is 0 Å². The molecule has 0 aliphatic carbocycles. The lowest BCUT2D eigenvalue weighted by molar-refractivity contribution is 0.0523. The molecule has 0 saturated carbocycles. The summed E-state index contributed by atoms with van der Waals surface area (Å²) in [6.45, 7) is 8.05. The van der Waals surface area contributed by atoms with Gasteiger partial charge in [-0.25, -0.2) is 9.59 Å². The van der Waals surface area contributed by atoms with Gasteiger partial charge in [-0.15, -0.1) is 0 Å². The highest BCUT2D eigenvalue weighted by Gasteiger charge is 2.16. The van der Waals surface area contributed by atoms with Crippen molar-refractivity contribution in [1.82, 2.24) is 15.5 Å². The van der Waals surface area contributed by atoms with E-state index in [4.69, 9.17) is 4.74 Å². The van der Waals surface area contributed by atoms with Gasteiger partial charge in [-0.2, -0.15) is 0 Å². The zero-order valence-electron chi connectivity index (χ0n) is 15.4. The SMILES string of the molecule is CC(C)(C)OC(=O)NCc1cccc(CNC(=O)N2CCCCC2)c1. The quantitative estimate of drug-likeness (QED) is 0.877. The number of hydrogen-bond donors (Lipinski definition) is 2. The molecular weight excluding hydrogens is 318 g/mol. The van der Waals surface area contributed by atoms with Crippen molar-refractivity contribution >= 4 is 12.1 Å². The Morgan fingerprint density at radius 2 is 1.64 bits per heavy atom. The molecule has 6 nitrogen and oxygen atoms in total. The molecule has 0 bridgehead atoms. The van der Waals surface area contributed by atoms with Crippen molar-refractivity contribution < 1.29 is 14.3 Å². The van der Waals surface area contributed by atoms with Gasteiger partial charge >= 0.3 is 12.1 Å². The highest BCUT2D eigenvalue weighted by atomic mass is 16.6. The summed E-state index contributed by atoms with van der Waals surface area (Å²) in [6, 6.07) is 7.81. The molecule has 0 aromatic heterocycles. The Kier molecular flexibility index (Phi) is 6.67. The molecule has 1 aromatic rings. The number of nitrogens with one attached hydrogen (secondary N) is 2. The number of urea groups is 1. The Hall–Kier alpha value is -2.24. The summed E-state index contributed by atoms with van der Waals surface area (Å²) < 4.78 is 5.22. The van der Waals surface area contributed by atoms with Gasteiger partial charge in [0, 0.05) is 26.2 Å². The molecule has 3 amide bonds. The van der Waals surface area contributed by atoms with Crippen LogP contribution in [0.4, 0.5) is 9.59 Å². The van der Waals surface area contributed by atoms with E-state index in [2.05, 4.69) is 10.6 Å². The Morgan fingerprint density at radius 3 is 2.24 bits per heavy atom. The van der Waals surface area contributed by atoms with Gasteiger partial charge < -0.3 is 20.3 Å². The smallest absolute Gasteiger partial charge is 0.407 e. The van der Waals surface area contributed by atoms with E-state index in [1.165, 1.54) is 6.42 Å². The number of ether oxygens (including phenoxy) is 1. The van der Waals surface area contributed by atoms with Crippen LogP contribution in [0.25, 0.3) is 0 Å². The predicted molar refractivity (Wildman–Crippen MR) is 97.2 cm³/mol. The predicted octanol–water partition coefficient (Wildman–Crippen LogP) is 3.41. The fourth-order valence-electron chi connectivity index (χ4n) is 2.72. The highest BCUT2D eigenvalue weighted by Crippen LogP contribution is 2.10. The summed E-state index contributed by atoms with van der Waals surface area (Å²) in [4.78, 5) is 25.7. The van der Waals surface area contributed by atoms with E-state index in [-0.39, 0.29) is 6.03 Å². The van der Waals surface area contributed by atoms with Gasteiger partial charge in [0.15, 0.2) is 0 Å². The van der Waals surface area contributed by atoms with Gasteiger partial charge in [-0.1, -0.05) is 24.3 Å². The molecule has 0 spiro atoms. The molecule has 2 rings (SSSR count). The lowest BCUT2D eigenvalue weighted by Crippen LogP contribution is -2.42. The lowest BCUT2D eigenvalue weighted by Gasteiger charge is -2.26. The first-order chi connectivity index (χ1) is 11.8. The Balaban J connectivity index is 1.80. The van der Waals surface area contributed by atoms with Crippen LogP contribution in [-0.4, -0.2) is 35.7 Å². The molecule has 1 aliphatic heterocycles. The summed E-state index contributed by atoms with van der Waals surface area (Å²) >= 11 is 0. The highest BCUT2D eigenvalue weighted by molar-refractivity contribution is 5.74. The number of amides is 3. The molecule has 1 aromatic carbocycles. The first-order valence-corrected chi connectivity index (χ1v) is 8.91. The van der Waals surface area contributed by atoms with Crippen molar-refractivity contribution in [2.45, 2.75) is 58.7 Å². The maximum Gasteiger partial charge on any atom is 0.407 e. The zero-order chi connectivity index (χ0) is 18.3. The van der Waals surface area contributed by atoms with Crippen LogP contribution in [0.1, 0.15) is 51.2 Å². The average Bonchev–Trinajstić information content (AvgIpc) is 2.57. The molecule has 0 atom stereocenters. The third-order valence-corrected chi connectivity index (χ3v) is 3.91. The number of piperidine rings is 1. The number of carbonyl (C=O) groups excluding carboxylic acids is 2. The normalized spacial score (nSPS) is 14.8. The summed E-state index contributed by atoms with van der Waals surface area (Å²) in [6.07, 6.45) is 2.94. The number of nitrogens with zero attached hydrogens (tertiary/aromatic N) is 1. The minimum absolute atomic E-state index is 0.00279. The van der Waals surface area contributed by atoms with Crippen molar-refractivity contribution in [3.8, 4) is 0 Å². The third-order valence-electron chi connectivity index (χ3n) is 3.91. The first-order valence-electron chi connectivity index (χ1n) is 8.91. The summed E-state index contributed by atoms with van der Waals surface area (Å²) in [7, 11) is 0. The minimum atomic E-state index is -0.509. The molecule has 0 radical (unpaired) electrons. The van der Waals surface area contributed by atoms with E-state index in [0.29, 0.717) is 13.1 Å². The van der Waals surface area contributed by atoms with Crippen LogP contribution < -0.4 is 10.6 Å². The molecular formula is C19H29N3O3. The van der Waals surface area contributed by atoms with E-state index >= 15 is 0 Å². The average molecular weight is 347 g/mol. The Bertz CT molecular complexity index is 590. The van der Waals surface area contributed by atoms with Crippen molar-refractivity contribution in [2.24, 2.45) is 0 Å². The van der Waals surface area contributed by atoms with Crippen molar-refractivity contribution in [1.29, 1.82) is 0 Å². The van der Waals surface area contributed by atoms with E-state index in [9.17, 15) is 9.59 Å². The zero-order valence-corrected chi connectivity index (χ0v) is 15.4. The summed E-state index contributed by atoms with van der Waals surface area (Å²) in [5.74, 6) is 0. The molecule has 1 heterocycles. The second kappa shape index (κ2) is 8.74. The van der Waals surface area contributed by atoms with Crippen LogP contribution in [0.2, 0.25) is 0 Å². The summed E-state index contributed by atoms with van der Waals surface area (Å²) in [5.41, 5.74) is 1.47. The van der Waals surface area contributed by atoms with E-state index in [1.807, 2.05) is 49.9 Å². The standard InChI is InChI=1S/C19H29N3O3/c1-19(2,3)25-18(24)21-14-16-9-7-8-15(12-16)13-20-17(23)22-10-5-4-6-11-22/h7-9,12H,4-6,10-11,13-14H2,1-3H3,(H,20,23)(H,21,24).